The summed E-state index contributed by atoms with van der Waals surface area (Å²) in [7, 11) is 0. The fourth-order valence-corrected chi connectivity index (χ4v) is 8.50. The molecule has 8 heterocycles. The van der Waals surface area contributed by atoms with E-state index in [9.17, 15) is 0 Å². The summed E-state index contributed by atoms with van der Waals surface area (Å²) in [5.74, 6) is 4.18. The van der Waals surface area contributed by atoms with Crippen molar-refractivity contribution >= 4 is 48.3 Å². The van der Waals surface area contributed by atoms with Gasteiger partial charge in [0, 0.05) is 24.6 Å². The van der Waals surface area contributed by atoms with E-state index in [1.54, 1.807) is 0 Å². The lowest BCUT2D eigenvalue weighted by Gasteiger charge is -2.50. The summed E-state index contributed by atoms with van der Waals surface area (Å²) in [5.41, 5.74) is 1.36. The molecule has 2 N–H and O–H groups in total. The Hall–Kier alpha value is 1.08. The Morgan fingerprint density at radius 2 is 1.03 bits per heavy atom. The van der Waals surface area contributed by atoms with Crippen LogP contribution in [-0.4, -0.2) is 88.1 Å². The summed E-state index contributed by atoms with van der Waals surface area (Å²) < 4.78 is 12.3. The normalized spacial score (nSPS) is 49.0. The standard InChI is InChI=1S/2C10H17NOS.2ClH.H2O/c2*1-8-12-10(7-13-8)6-11-4-2-9(10)3-5-11;;;/h2*8-9H,2-7H2,1H3;2*1H;1H2/t2*8-,10-;;;/m10.../s1. The number of ether oxygens (including phenoxy) is 2. The summed E-state index contributed by atoms with van der Waals surface area (Å²) >= 11 is 3.99. The molecular weight excluding hydrogens is 451 g/mol. The van der Waals surface area contributed by atoms with Gasteiger partial charge in [-0.15, -0.1) is 48.3 Å². The maximum Gasteiger partial charge on any atom is 0.101 e. The van der Waals surface area contributed by atoms with Crippen molar-refractivity contribution in [2.24, 2.45) is 11.8 Å². The summed E-state index contributed by atoms with van der Waals surface area (Å²) in [6, 6.07) is 0. The fourth-order valence-electron chi connectivity index (χ4n) is 6.16. The van der Waals surface area contributed by atoms with Crippen molar-refractivity contribution in [3.63, 3.8) is 0 Å². The lowest BCUT2D eigenvalue weighted by molar-refractivity contribution is -0.133. The highest BCUT2D eigenvalue weighted by Crippen LogP contribution is 2.47. The van der Waals surface area contributed by atoms with Gasteiger partial charge < -0.3 is 24.7 Å². The van der Waals surface area contributed by atoms with Crippen LogP contribution in [0.5, 0.6) is 0 Å². The summed E-state index contributed by atoms with van der Waals surface area (Å²) in [6.07, 6.45) is 5.47. The Morgan fingerprint density at radius 3 is 1.24 bits per heavy atom. The van der Waals surface area contributed by atoms with Crippen molar-refractivity contribution < 1.29 is 14.9 Å². The van der Waals surface area contributed by atoms with Crippen LogP contribution < -0.4 is 0 Å². The molecule has 0 aliphatic carbocycles. The van der Waals surface area contributed by atoms with Crippen LogP contribution in [0.3, 0.4) is 0 Å². The number of hydrogen-bond acceptors (Lipinski definition) is 6. The zero-order valence-electron chi connectivity index (χ0n) is 17.6. The van der Waals surface area contributed by atoms with Crippen LogP contribution in [-0.2, 0) is 9.47 Å². The van der Waals surface area contributed by atoms with Gasteiger partial charge in [0.1, 0.15) is 10.9 Å². The van der Waals surface area contributed by atoms with Gasteiger partial charge in [0.2, 0.25) is 0 Å². The van der Waals surface area contributed by atoms with Gasteiger partial charge in [-0.1, -0.05) is 0 Å². The zero-order valence-corrected chi connectivity index (χ0v) is 20.9. The van der Waals surface area contributed by atoms with Crippen LogP contribution in [0, 0.1) is 11.8 Å². The molecule has 0 saturated carbocycles. The third kappa shape index (κ3) is 5.03. The van der Waals surface area contributed by atoms with E-state index < -0.39 is 0 Å². The van der Waals surface area contributed by atoms with E-state index in [4.69, 9.17) is 9.47 Å². The molecule has 8 fully saturated rings. The van der Waals surface area contributed by atoms with Gasteiger partial charge in [-0.3, -0.25) is 0 Å². The number of rotatable bonds is 0. The van der Waals surface area contributed by atoms with E-state index in [0.717, 1.165) is 11.8 Å². The second-order valence-corrected chi connectivity index (χ2v) is 11.8. The molecule has 8 saturated heterocycles. The van der Waals surface area contributed by atoms with Gasteiger partial charge in [0.05, 0.1) is 11.2 Å². The minimum Gasteiger partial charge on any atom is -0.412 e. The molecule has 4 bridgehead atoms. The summed E-state index contributed by atoms with van der Waals surface area (Å²) in [5, 5.41) is 0. The predicted octanol–water partition coefficient (Wildman–Crippen LogP) is 3.14. The molecule has 0 radical (unpaired) electrons. The first-order chi connectivity index (χ1) is 12.6. The van der Waals surface area contributed by atoms with Crippen LogP contribution in [0.2, 0.25) is 0 Å². The Balaban J connectivity index is 0.000000187. The van der Waals surface area contributed by atoms with Gasteiger partial charge in [-0.2, -0.15) is 0 Å². The third-order valence-electron chi connectivity index (χ3n) is 7.57. The van der Waals surface area contributed by atoms with Crippen molar-refractivity contribution in [1.29, 1.82) is 0 Å². The Kier molecular flexibility index (Phi) is 9.39. The molecule has 0 unspecified atom stereocenters. The second-order valence-electron chi connectivity index (χ2n) is 9.22. The molecule has 0 aromatic heterocycles. The summed E-state index contributed by atoms with van der Waals surface area (Å²) in [4.78, 5) is 5.16. The van der Waals surface area contributed by atoms with Crippen molar-refractivity contribution in [2.45, 2.75) is 61.6 Å². The van der Waals surface area contributed by atoms with Gasteiger partial charge in [0.25, 0.3) is 0 Å². The molecule has 8 rings (SSSR count). The second kappa shape index (κ2) is 10.3. The zero-order chi connectivity index (χ0) is 17.8. The quantitative estimate of drug-likeness (QED) is 0.521. The van der Waals surface area contributed by atoms with E-state index in [-0.39, 0.29) is 41.5 Å². The Bertz CT molecular complexity index is 490. The maximum absolute atomic E-state index is 6.14. The molecule has 8 aliphatic rings. The highest BCUT2D eigenvalue weighted by Gasteiger charge is 2.52. The molecule has 0 aromatic rings. The number of piperidine rings is 6. The SMILES string of the molecule is C[C@@H]1O[C@@]2(CS1)CN1CCC2CC1.C[C@H]1O[C@]2(CS1)CN1CCC2CC1.Cl.Cl.O. The fraction of sp³-hybridized carbons (Fsp3) is 1.00. The molecule has 9 heteroatoms. The number of fused-ring (bicyclic) bond motifs is 4. The van der Waals surface area contributed by atoms with Crippen molar-refractivity contribution in [3.05, 3.63) is 0 Å². The topological polar surface area (TPSA) is 56.4 Å². The monoisotopic (exact) mass is 488 g/mol. The molecule has 172 valence electrons. The van der Waals surface area contributed by atoms with E-state index in [1.807, 2.05) is 23.5 Å². The van der Waals surface area contributed by atoms with Crippen LogP contribution in [0.25, 0.3) is 0 Å². The van der Waals surface area contributed by atoms with Crippen LogP contribution in [0.1, 0.15) is 39.5 Å². The van der Waals surface area contributed by atoms with Crippen LogP contribution >= 0.6 is 48.3 Å². The van der Waals surface area contributed by atoms with Gasteiger partial charge >= 0.3 is 0 Å². The summed E-state index contributed by atoms with van der Waals surface area (Å²) in [6.45, 7) is 12.0. The highest BCUT2D eigenvalue weighted by atomic mass is 35.5. The highest BCUT2D eigenvalue weighted by molar-refractivity contribution is 8.00. The average molecular weight is 490 g/mol. The molecule has 8 aliphatic heterocycles. The molecule has 0 amide bonds. The van der Waals surface area contributed by atoms with Gasteiger partial charge in [-0.25, -0.2) is 0 Å². The minimum absolute atomic E-state index is 0. The Morgan fingerprint density at radius 1 is 0.690 bits per heavy atom. The molecular formula is C20H38Cl2N2O3S2. The average Bonchev–Trinajstić information content (AvgIpc) is 3.20. The smallest absolute Gasteiger partial charge is 0.101 e. The third-order valence-corrected chi connectivity index (χ3v) is 10.0. The van der Waals surface area contributed by atoms with Crippen LogP contribution in [0.4, 0.5) is 0 Å². The first-order valence-corrected chi connectivity index (χ1v) is 12.7. The number of thioether (sulfide) groups is 2. The van der Waals surface area contributed by atoms with Crippen molar-refractivity contribution in [2.75, 3.05) is 50.8 Å². The number of halogens is 2. The first kappa shape index (κ1) is 26.3. The predicted molar refractivity (Wildman–Crippen MR) is 128 cm³/mol. The number of nitrogens with zero attached hydrogens (tertiary/aromatic N) is 2. The minimum atomic E-state index is 0. The maximum atomic E-state index is 6.14. The van der Waals surface area contributed by atoms with Crippen molar-refractivity contribution in [1.82, 2.24) is 9.80 Å². The molecule has 0 aromatic carbocycles. The van der Waals surface area contributed by atoms with E-state index >= 15 is 0 Å². The number of hydrogen-bond donors (Lipinski definition) is 0. The van der Waals surface area contributed by atoms with Crippen molar-refractivity contribution in [3.8, 4) is 0 Å². The van der Waals surface area contributed by atoms with Crippen LogP contribution in [0.15, 0.2) is 0 Å². The molecule has 5 nitrogen and oxygen atoms in total. The molecule has 2 spiro atoms. The Labute approximate surface area is 196 Å². The molecule has 4 atom stereocenters. The van der Waals surface area contributed by atoms with E-state index in [0.29, 0.717) is 10.9 Å². The van der Waals surface area contributed by atoms with Gasteiger partial charge in [-0.05, 0) is 77.5 Å². The first-order valence-electron chi connectivity index (χ1n) is 10.6. The largest absolute Gasteiger partial charge is 0.412 e. The van der Waals surface area contributed by atoms with E-state index in [1.165, 1.54) is 76.5 Å². The lowest BCUT2D eigenvalue weighted by Crippen LogP contribution is -2.60. The lowest BCUT2D eigenvalue weighted by atomic mass is 9.76. The van der Waals surface area contributed by atoms with E-state index in [2.05, 4.69) is 23.6 Å². The molecule has 29 heavy (non-hydrogen) atoms. The van der Waals surface area contributed by atoms with Gasteiger partial charge in [0.15, 0.2) is 0 Å².